The van der Waals surface area contributed by atoms with Crippen LogP contribution in [0.15, 0.2) is 23.8 Å². The van der Waals surface area contributed by atoms with Gasteiger partial charge in [-0.25, -0.2) is 4.79 Å². The zero-order valence-electron chi connectivity index (χ0n) is 16.5. The van der Waals surface area contributed by atoms with E-state index in [1.165, 1.54) is 5.57 Å². The van der Waals surface area contributed by atoms with E-state index in [2.05, 4.69) is 26.5 Å². The average Bonchev–Trinajstić information content (AvgIpc) is 3.04. The summed E-state index contributed by atoms with van der Waals surface area (Å²) in [5.41, 5.74) is 1.19. The Morgan fingerprint density at radius 2 is 1.96 bits per heavy atom. The molecule has 1 saturated heterocycles. The molecule has 4 nitrogen and oxygen atoms in total. The van der Waals surface area contributed by atoms with Crippen LogP contribution in [0, 0.1) is 28.6 Å². The molecule has 4 fully saturated rings. The molecule has 2 N–H and O–H groups in total. The summed E-state index contributed by atoms with van der Waals surface area (Å²) in [6.45, 7) is 8.55. The van der Waals surface area contributed by atoms with Crippen molar-refractivity contribution < 1.29 is 19.7 Å². The largest absolute Gasteiger partial charge is 0.452 e. The molecule has 148 valence electrons. The maximum absolute atomic E-state index is 12.2. The van der Waals surface area contributed by atoms with Gasteiger partial charge in [0.1, 0.15) is 5.60 Å². The van der Waals surface area contributed by atoms with Gasteiger partial charge < -0.3 is 14.9 Å². The number of hydrogen-bond donors (Lipinski definition) is 2. The van der Waals surface area contributed by atoms with Crippen molar-refractivity contribution in [3.05, 3.63) is 23.8 Å². The summed E-state index contributed by atoms with van der Waals surface area (Å²) in [4.78, 5) is 12.2. The van der Waals surface area contributed by atoms with Gasteiger partial charge in [-0.05, 0) is 68.1 Å². The van der Waals surface area contributed by atoms with Gasteiger partial charge in [-0.15, -0.1) is 0 Å². The minimum absolute atomic E-state index is 0.181. The van der Waals surface area contributed by atoms with Crippen molar-refractivity contribution in [1.29, 1.82) is 0 Å². The van der Waals surface area contributed by atoms with Crippen molar-refractivity contribution in [2.75, 3.05) is 0 Å². The lowest BCUT2D eigenvalue weighted by Gasteiger charge is -2.58. The third-order valence-corrected chi connectivity index (χ3v) is 9.49. The van der Waals surface area contributed by atoms with Crippen molar-refractivity contribution in [2.45, 2.75) is 83.0 Å². The summed E-state index contributed by atoms with van der Waals surface area (Å²) in [5.74, 6) is 1.17. The molecule has 4 aliphatic carbocycles. The van der Waals surface area contributed by atoms with Gasteiger partial charge in [0.2, 0.25) is 0 Å². The van der Waals surface area contributed by atoms with E-state index in [0.29, 0.717) is 29.7 Å². The van der Waals surface area contributed by atoms with Gasteiger partial charge in [0.25, 0.3) is 0 Å². The standard InChI is InChI=1S/C23H32O4/c1-13-12-23(27-20(13)26)19(25)11-18-16-5-4-14-10-15(24)6-8-21(14,2)17(16)7-9-22(18,23)3/h4,15-19,24-25H,1,5-12H2,2-3H3/t15-,16+,17-,18-,19-,21-,22-,23-/m0/s1. The first-order chi connectivity index (χ1) is 12.7. The van der Waals surface area contributed by atoms with Gasteiger partial charge in [0, 0.05) is 17.4 Å². The van der Waals surface area contributed by atoms with E-state index in [-0.39, 0.29) is 22.9 Å². The summed E-state index contributed by atoms with van der Waals surface area (Å²) in [6, 6.07) is 0. The van der Waals surface area contributed by atoms with E-state index in [1.54, 1.807) is 0 Å². The number of aliphatic hydroxyl groups excluding tert-OH is 2. The van der Waals surface area contributed by atoms with Crippen LogP contribution in [0.25, 0.3) is 0 Å². The van der Waals surface area contributed by atoms with Crippen molar-refractivity contribution in [2.24, 2.45) is 28.6 Å². The summed E-state index contributed by atoms with van der Waals surface area (Å²) >= 11 is 0. The molecule has 0 amide bonds. The van der Waals surface area contributed by atoms with E-state index < -0.39 is 11.7 Å². The van der Waals surface area contributed by atoms with Gasteiger partial charge in [0.15, 0.2) is 0 Å². The first-order valence-corrected chi connectivity index (χ1v) is 10.7. The lowest BCUT2D eigenvalue weighted by atomic mass is 9.47. The van der Waals surface area contributed by atoms with Crippen LogP contribution in [0.5, 0.6) is 0 Å². The molecule has 4 heteroatoms. The molecule has 1 spiro atoms. The van der Waals surface area contributed by atoms with E-state index in [4.69, 9.17) is 4.74 Å². The second-order valence-electron chi connectivity index (χ2n) is 10.4. The molecular formula is C23H32O4. The van der Waals surface area contributed by atoms with Gasteiger partial charge in [0.05, 0.1) is 12.2 Å². The number of allylic oxidation sites excluding steroid dienone is 1. The molecule has 0 bridgehead atoms. The van der Waals surface area contributed by atoms with E-state index in [9.17, 15) is 15.0 Å². The molecule has 0 radical (unpaired) electrons. The average molecular weight is 373 g/mol. The number of carbonyl (C=O) groups is 1. The lowest BCUT2D eigenvalue weighted by molar-refractivity contribution is -0.180. The molecule has 0 aromatic rings. The minimum atomic E-state index is -0.773. The number of ether oxygens (including phenoxy) is 1. The third-order valence-electron chi connectivity index (χ3n) is 9.49. The normalized spacial score (nSPS) is 54.2. The molecule has 0 aromatic carbocycles. The van der Waals surface area contributed by atoms with Crippen molar-refractivity contribution >= 4 is 5.97 Å². The molecule has 0 aromatic heterocycles. The topological polar surface area (TPSA) is 66.8 Å². The fraction of sp³-hybridized carbons (Fsp3) is 0.783. The van der Waals surface area contributed by atoms with Crippen LogP contribution in [-0.4, -0.2) is 34.0 Å². The Kier molecular flexibility index (Phi) is 3.64. The first-order valence-electron chi connectivity index (χ1n) is 10.7. The van der Waals surface area contributed by atoms with Crippen LogP contribution >= 0.6 is 0 Å². The Bertz CT molecular complexity index is 723. The number of hydrogen-bond acceptors (Lipinski definition) is 4. The SMILES string of the molecule is C=C1C[C@]2(OC1=O)[C@@H](O)C[C@H]1[C@@H]3CC=C4C[C@@H](O)CC[C@]4(C)[C@H]3CC[C@@]12C. The molecule has 5 aliphatic rings. The van der Waals surface area contributed by atoms with Crippen LogP contribution < -0.4 is 0 Å². The predicted octanol–water partition coefficient (Wildman–Crippen LogP) is 3.52. The summed E-state index contributed by atoms with van der Waals surface area (Å²) in [5, 5.41) is 21.2. The van der Waals surface area contributed by atoms with Gasteiger partial charge in [-0.2, -0.15) is 0 Å². The van der Waals surface area contributed by atoms with Crippen LogP contribution in [0.3, 0.4) is 0 Å². The lowest BCUT2D eigenvalue weighted by Crippen LogP contribution is -2.56. The second kappa shape index (κ2) is 5.48. The van der Waals surface area contributed by atoms with Crippen molar-refractivity contribution in [3.63, 3.8) is 0 Å². The van der Waals surface area contributed by atoms with Gasteiger partial charge >= 0.3 is 5.97 Å². The van der Waals surface area contributed by atoms with Crippen molar-refractivity contribution in [3.8, 4) is 0 Å². The summed E-state index contributed by atoms with van der Waals surface area (Å²) < 4.78 is 5.90. The molecular weight excluding hydrogens is 340 g/mol. The maximum Gasteiger partial charge on any atom is 0.334 e. The highest BCUT2D eigenvalue weighted by Gasteiger charge is 2.71. The zero-order valence-corrected chi connectivity index (χ0v) is 16.5. The molecule has 1 heterocycles. The third kappa shape index (κ3) is 2.09. The van der Waals surface area contributed by atoms with Crippen LogP contribution in [0.1, 0.15) is 65.2 Å². The summed E-state index contributed by atoms with van der Waals surface area (Å²) in [7, 11) is 0. The van der Waals surface area contributed by atoms with Gasteiger partial charge in [-0.3, -0.25) is 0 Å². The monoisotopic (exact) mass is 372 g/mol. The number of esters is 1. The fourth-order valence-electron chi connectivity index (χ4n) is 7.90. The highest BCUT2D eigenvalue weighted by Crippen LogP contribution is 2.69. The van der Waals surface area contributed by atoms with Crippen LogP contribution in [0.4, 0.5) is 0 Å². The Morgan fingerprint density at radius 1 is 1.19 bits per heavy atom. The summed E-state index contributed by atoms with van der Waals surface area (Å²) in [6.07, 6.45) is 8.71. The molecule has 8 atom stereocenters. The fourth-order valence-corrected chi connectivity index (χ4v) is 7.90. The highest BCUT2D eigenvalue weighted by atomic mass is 16.6. The smallest absolute Gasteiger partial charge is 0.334 e. The van der Waals surface area contributed by atoms with Crippen LogP contribution in [0.2, 0.25) is 0 Å². The Morgan fingerprint density at radius 3 is 2.67 bits per heavy atom. The number of rotatable bonds is 0. The molecule has 5 rings (SSSR count). The molecule has 27 heavy (non-hydrogen) atoms. The van der Waals surface area contributed by atoms with Crippen LogP contribution in [-0.2, 0) is 9.53 Å². The second-order valence-corrected chi connectivity index (χ2v) is 10.4. The number of fused-ring (bicyclic) bond motifs is 6. The zero-order chi connectivity index (χ0) is 19.2. The molecule has 0 unspecified atom stereocenters. The van der Waals surface area contributed by atoms with E-state index >= 15 is 0 Å². The molecule has 1 aliphatic heterocycles. The van der Waals surface area contributed by atoms with Crippen molar-refractivity contribution in [1.82, 2.24) is 0 Å². The number of aliphatic hydroxyl groups is 2. The molecule has 3 saturated carbocycles. The minimum Gasteiger partial charge on any atom is -0.452 e. The Balaban J connectivity index is 1.52. The maximum atomic E-state index is 12.2. The van der Waals surface area contributed by atoms with Gasteiger partial charge in [-0.1, -0.05) is 32.1 Å². The quantitative estimate of drug-likeness (QED) is 0.388. The Hall–Kier alpha value is -1.13. The van der Waals surface area contributed by atoms with E-state index in [1.807, 2.05) is 0 Å². The Labute approximate surface area is 161 Å². The highest BCUT2D eigenvalue weighted by molar-refractivity contribution is 5.91. The predicted molar refractivity (Wildman–Crippen MR) is 102 cm³/mol. The van der Waals surface area contributed by atoms with E-state index in [0.717, 1.165) is 44.9 Å². The number of carbonyl (C=O) groups excluding carboxylic acids is 1. The first kappa shape index (κ1) is 17.9.